The van der Waals surface area contributed by atoms with E-state index in [9.17, 15) is 4.79 Å². The Morgan fingerprint density at radius 1 is 1.42 bits per heavy atom. The minimum Gasteiger partial charge on any atom is -0.481 e. The molecule has 0 aliphatic rings. The molecule has 0 saturated carbocycles. The summed E-state index contributed by atoms with van der Waals surface area (Å²) in [4.78, 5) is 10.4. The number of aliphatic carboxylic acids is 1. The van der Waals surface area contributed by atoms with Crippen molar-refractivity contribution >= 4 is 5.97 Å². The lowest BCUT2D eigenvalue weighted by molar-refractivity contribution is -0.139. The van der Waals surface area contributed by atoms with Crippen LogP contribution in [0.3, 0.4) is 0 Å². The summed E-state index contributed by atoms with van der Waals surface area (Å²) in [7, 11) is 0. The van der Waals surface area contributed by atoms with Gasteiger partial charge in [-0.05, 0) is 25.7 Å². The number of carboxylic acids is 1. The van der Waals surface area contributed by atoms with Crippen LogP contribution in [0.15, 0.2) is 12.2 Å². The van der Waals surface area contributed by atoms with E-state index in [0.717, 1.165) is 12.8 Å². The average Bonchev–Trinajstić information content (AvgIpc) is 1.97. The molecule has 0 aromatic rings. The normalized spacial score (nSPS) is 14.0. The topological polar surface area (TPSA) is 37.3 Å². The van der Waals surface area contributed by atoms with Crippen LogP contribution in [0.5, 0.6) is 0 Å². The second-order valence-corrected chi connectivity index (χ2v) is 3.53. The number of hydrogen-bond donors (Lipinski definition) is 1. The Hall–Kier alpha value is -0.790. The molecule has 0 aromatic heterocycles. The molecule has 0 aliphatic carbocycles. The van der Waals surface area contributed by atoms with E-state index in [1.807, 2.05) is 6.08 Å². The number of carboxylic acid groups (broad SMARTS) is 1. The van der Waals surface area contributed by atoms with Gasteiger partial charge in [0.15, 0.2) is 0 Å². The summed E-state index contributed by atoms with van der Waals surface area (Å²) in [6.07, 6.45) is 5.82. The van der Waals surface area contributed by atoms with E-state index < -0.39 is 5.97 Å². The van der Waals surface area contributed by atoms with E-state index in [1.165, 1.54) is 0 Å². The molecule has 0 spiro atoms. The average molecular weight is 170 g/mol. The summed E-state index contributed by atoms with van der Waals surface area (Å²) in [6.45, 7) is 6.01. The Bertz CT molecular complexity index is 159. The first kappa shape index (κ1) is 11.2. The zero-order chi connectivity index (χ0) is 9.56. The van der Waals surface area contributed by atoms with Crippen molar-refractivity contribution < 1.29 is 9.90 Å². The molecule has 0 aromatic carbocycles. The van der Waals surface area contributed by atoms with Gasteiger partial charge in [0, 0.05) is 0 Å². The second kappa shape index (κ2) is 5.81. The molecular formula is C10H18O2. The third-order valence-corrected chi connectivity index (χ3v) is 1.72. The molecule has 0 bridgehead atoms. The minimum atomic E-state index is -0.754. The van der Waals surface area contributed by atoms with Crippen LogP contribution in [0.2, 0.25) is 0 Å². The highest BCUT2D eigenvalue weighted by Gasteiger charge is 2.04. The summed E-state index contributed by atoms with van der Waals surface area (Å²) in [6, 6.07) is 0. The van der Waals surface area contributed by atoms with Crippen molar-refractivity contribution in [1.29, 1.82) is 0 Å². The van der Waals surface area contributed by atoms with Gasteiger partial charge in [0.2, 0.25) is 0 Å². The van der Waals surface area contributed by atoms with Gasteiger partial charge >= 0.3 is 5.97 Å². The quantitative estimate of drug-likeness (QED) is 0.644. The molecule has 2 nitrogen and oxygen atoms in total. The SMILES string of the molecule is CC(C)CC/C=C/C(C)C(=O)O. The maximum atomic E-state index is 10.4. The molecule has 1 N–H and O–H groups in total. The summed E-state index contributed by atoms with van der Waals surface area (Å²) >= 11 is 0. The molecule has 0 rings (SSSR count). The van der Waals surface area contributed by atoms with Crippen LogP contribution in [0, 0.1) is 11.8 Å². The van der Waals surface area contributed by atoms with E-state index in [4.69, 9.17) is 5.11 Å². The first-order valence-electron chi connectivity index (χ1n) is 4.43. The van der Waals surface area contributed by atoms with Crippen molar-refractivity contribution in [2.24, 2.45) is 11.8 Å². The van der Waals surface area contributed by atoms with Crippen molar-refractivity contribution in [3.63, 3.8) is 0 Å². The fraction of sp³-hybridized carbons (Fsp3) is 0.700. The van der Waals surface area contributed by atoms with Crippen molar-refractivity contribution in [2.45, 2.75) is 33.6 Å². The number of allylic oxidation sites excluding steroid dienone is 1. The number of hydrogen-bond acceptors (Lipinski definition) is 1. The molecular weight excluding hydrogens is 152 g/mol. The van der Waals surface area contributed by atoms with Crippen LogP contribution in [0.1, 0.15) is 33.6 Å². The fourth-order valence-corrected chi connectivity index (χ4v) is 0.812. The van der Waals surface area contributed by atoms with Gasteiger partial charge in [0.05, 0.1) is 5.92 Å². The second-order valence-electron chi connectivity index (χ2n) is 3.53. The van der Waals surface area contributed by atoms with E-state index in [2.05, 4.69) is 13.8 Å². The highest BCUT2D eigenvalue weighted by Crippen LogP contribution is 2.05. The maximum absolute atomic E-state index is 10.4. The smallest absolute Gasteiger partial charge is 0.310 e. The Morgan fingerprint density at radius 3 is 2.42 bits per heavy atom. The Kier molecular flexibility index (Phi) is 5.43. The summed E-state index contributed by atoms with van der Waals surface area (Å²) in [5.41, 5.74) is 0. The lowest BCUT2D eigenvalue weighted by Gasteiger charge is -2.00. The molecule has 0 radical (unpaired) electrons. The summed E-state index contributed by atoms with van der Waals surface area (Å²) < 4.78 is 0. The van der Waals surface area contributed by atoms with E-state index in [0.29, 0.717) is 5.92 Å². The number of rotatable bonds is 5. The Labute approximate surface area is 74.3 Å². The number of carbonyl (C=O) groups is 1. The van der Waals surface area contributed by atoms with Gasteiger partial charge in [0.25, 0.3) is 0 Å². The molecule has 70 valence electrons. The molecule has 0 fully saturated rings. The predicted molar refractivity (Wildman–Crippen MR) is 50.0 cm³/mol. The van der Waals surface area contributed by atoms with Gasteiger partial charge in [-0.25, -0.2) is 0 Å². The zero-order valence-electron chi connectivity index (χ0n) is 8.08. The van der Waals surface area contributed by atoms with Gasteiger partial charge < -0.3 is 5.11 Å². The van der Waals surface area contributed by atoms with Crippen LogP contribution in [-0.4, -0.2) is 11.1 Å². The molecule has 0 heterocycles. The fourth-order valence-electron chi connectivity index (χ4n) is 0.812. The molecule has 1 unspecified atom stereocenters. The highest BCUT2D eigenvalue weighted by atomic mass is 16.4. The minimum absolute atomic E-state index is 0.350. The molecule has 12 heavy (non-hydrogen) atoms. The van der Waals surface area contributed by atoms with Crippen LogP contribution in [0.25, 0.3) is 0 Å². The zero-order valence-corrected chi connectivity index (χ0v) is 8.08. The first-order valence-corrected chi connectivity index (χ1v) is 4.43. The van der Waals surface area contributed by atoms with E-state index in [-0.39, 0.29) is 5.92 Å². The van der Waals surface area contributed by atoms with E-state index >= 15 is 0 Å². The first-order chi connectivity index (χ1) is 5.54. The van der Waals surface area contributed by atoms with Crippen LogP contribution in [0.4, 0.5) is 0 Å². The van der Waals surface area contributed by atoms with Gasteiger partial charge in [-0.1, -0.05) is 26.0 Å². The molecule has 0 aliphatic heterocycles. The predicted octanol–water partition coefficient (Wildman–Crippen LogP) is 2.70. The van der Waals surface area contributed by atoms with Crippen LogP contribution < -0.4 is 0 Å². The lowest BCUT2D eigenvalue weighted by atomic mass is 10.1. The standard InChI is InChI=1S/C10H18O2/c1-8(2)6-4-5-7-9(3)10(11)12/h5,7-9H,4,6H2,1-3H3,(H,11,12)/b7-5+. The Morgan fingerprint density at radius 2 is 2.00 bits per heavy atom. The van der Waals surface area contributed by atoms with Crippen molar-refractivity contribution in [1.82, 2.24) is 0 Å². The molecule has 0 amide bonds. The van der Waals surface area contributed by atoms with Gasteiger partial charge in [-0.3, -0.25) is 4.79 Å². The highest BCUT2D eigenvalue weighted by molar-refractivity contribution is 5.71. The Balaban J connectivity index is 3.55. The summed E-state index contributed by atoms with van der Waals surface area (Å²) in [5, 5.41) is 8.54. The molecule has 2 heteroatoms. The van der Waals surface area contributed by atoms with E-state index in [1.54, 1.807) is 13.0 Å². The maximum Gasteiger partial charge on any atom is 0.310 e. The monoisotopic (exact) mass is 170 g/mol. The largest absolute Gasteiger partial charge is 0.481 e. The summed E-state index contributed by atoms with van der Waals surface area (Å²) in [5.74, 6) is -0.414. The third-order valence-electron chi connectivity index (χ3n) is 1.72. The van der Waals surface area contributed by atoms with Crippen LogP contribution in [-0.2, 0) is 4.79 Å². The van der Waals surface area contributed by atoms with Gasteiger partial charge in [-0.15, -0.1) is 0 Å². The van der Waals surface area contributed by atoms with Crippen molar-refractivity contribution in [3.8, 4) is 0 Å². The van der Waals surface area contributed by atoms with Crippen molar-refractivity contribution in [3.05, 3.63) is 12.2 Å². The van der Waals surface area contributed by atoms with Crippen molar-refractivity contribution in [2.75, 3.05) is 0 Å². The van der Waals surface area contributed by atoms with Gasteiger partial charge in [-0.2, -0.15) is 0 Å². The molecule has 0 saturated heterocycles. The lowest BCUT2D eigenvalue weighted by Crippen LogP contribution is -2.05. The van der Waals surface area contributed by atoms with Gasteiger partial charge in [0.1, 0.15) is 0 Å². The third kappa shape index (κ3) is 5.96. The molecule has 1 atom stereocenters. The van der Waals surface area contributed by atoms with Crippen LogP contribution >= 0.6 is 0 Å².